The zero-order valence-electron chi connectivity index (χ0n) is 17.5. The highest BCUT2D eigenvalue weighted by Crippen LogP contribution is 2.39. The van der Waals surface area contributed by atoms with E-state index in [1.165, 1.54) is 24.1 Å². The van der Waals surface area contributed by atoms with Gasteiger partial charge in [0.15, 0.2) is 5.82 Å². The maximum absolute atomic E-state index is 4.54. The van der Waals surface area contributed by atoms with Crippen LogP contribution in [0.1, 0.15) is 43.0 Å². The second kappa shape index (κ2) is 7.34. The fourth-order valence-corrected chi connectivity index (χ4v) is 4.93. The van der Waals surface area contributed by atoms with Crippen LogP contribution in [0.2, 0.25) is 0 Å². The van der Waals surface area contributed by atoms with E-state index in [0.717, 1.165) is 37.0 Å². The molecule has 2 aromatic rings. The van der Waals surface area contributed by atoms with Crippen LogP contribution < -0.4 is 5.32 Å². The molecule has 5 rings (SSSR count). The Balaban J connectivity index is 1.45. The van der Waals surface area contributed by atoms with E-state index < -0.39 is 0 Å². The summed E-state index contributed by atoms with van der Waals surface area (Å²) in [6, 6.07) is 11.8. The number of aryl methyl sites for hydroxylation is 1. The standard InChI is InChI=1S/C23H30N6/c1-16-13-22-21(28(16)15-18-7-5-4-6-8-18)14-20(23-26-25-17(2)29(22)23)24-19-9-11-27(3)12-10-19/h4-8,13-14,19,21-22,24H,9-12,15H2,1-3H3. The minimum absolute atomic E-state index is 0.256. The molecule has 6 heteroatoms. The summed E-state index contributed by atoms with van der Waals surface area (Å²) in [7, 11) is 2.20. The van der Waals surface area contributed by atoms with Gasteiger partial charge in [0.05, 0.1) is 17.8 Å². The van der Waals surface area contributed by atoms with E-state index in [1.807, 2.05) is 0 Å². The third-order valence-corrected chi connectivity index (χ3v) is 6.59. The summed E-state index contributed by atoms with van der Waals surface area (Å²) < 4.78 is 2.32. The van der Waals surface area contributed by atoms with Crippen molar-refractivity contribution < 1.29 is 0 Å². The summed E-state index contributed by atoms with van der Waals surface area (Å²) in [4.78, 5) is 4.92. The van der Waals surface area contributed by atoms with Crippen molar-refractivity contribution >= 4 is 5.70 Å². The first-order chi connectivity index (χ1) is 14.1. The Morgan fingerprint density at radius 1 is 1.00 bits per heavy atom. The van der Waals surface area contributed by atoms with Crippen molar-refractivity contribution in [1.29, 1.82) is 0 Å². The lowest BCUT2D eigenvalue weighted by Gasteiger charge is -2.36. The smallest absolute Gasteiger partial charge is 0.180 e. The van der Waals surface area contributed by atoms with Crippen LogP contribution in [-0.2, 0) is 6.54 Å². The molecule has 2 atom stereocenters. The number of nitrogens with zero attached hydrogens (tertiary/aromatic N) is 5. The van der Waals surface area contributed by atoms with E-state index >= 15 is 0 Å². The third-order valence-electron chi connectivity index (χ3n) is 6.59. The van der Waals surface area contributed by atoms with Crippen LogP contribution in [0.5, 0.6) is 0 Å². The van der Waals surface area contributed by atoms with Gasteiger partial charge in [-0.15, -0.1) is 10.2 Å². The number of nitrogens with one attached hydrogen (secondary N) is 1. The molecule has 29 heavy (non-hydrogen) atoms. The molecule has 0 aliphatic carbocycles. The van der Waals surface area contributed by atoms with E-state index in [9.17, 15) is 0 Å². The van der Waals surface area contributed by atoms with Gasteiger partial charge in [0.2, 0.25) is 0 Å². The molecule has 1 fully saturated rings. The summed E-state index contributed by atoms with van der Waals surface area (Å²) in [5.74, 6) is 1.96. The SMILES string of the molecule is CC1=CC2C(C=C(NC3CCN(C)CC3)c3nnc(C)n32)N1Cc1ccccc1. The third kappa shape index (κ3) is 3.35. The summed E-state index contributed by atoms with van der Waals surface area (Å²) in [5, 5.41) is 12.8. The molecule has 1 aromatic carbocycles. The zero-order valence-corrected chi connectivity index (χ0v) is 17.5. The molecule has 3 aliphatic rings. The van der Waals surface area contributed by atoms with Gasteiger partial charge >= 0.3 is 0 Å². The van der Waals surface area contributed by atoms with Crippen LogP contribution >= 0.6 is 0 Å². The van der Waals surface area contributed by atoms with Crippen molar-refractivity contribution in [2.45, 2.75) is 51.4 Å². The van der Waals surface area contributed by atoms with Crippen molar-refractivity contribution in [2.24, 2.45) is 0 Å². The molecule has 0 saturated carbocycles. The molecule has 0 bridgehead atoms. The second-order valence-corrected chi connectivity index (χ2v) is 8.65. The maximum atomic E-state index is 4.54. The van der Waals surface area contributed by atoms with Gasteiger partial charge in [0.25, 0.3) is 0 Å². The number of benzene rings is 1. The molecule has 1 N–H and O–H groups in total. The number of aromatic nitrogens is 3. The Morgan fingerprint density at radius 2 is 1.76 bits per heavy atom. The quantitative estimate of drug-likeness (QED) is 0.870. The molecule has 4 heterocycles. The molecule has 0 spiro atoms. The maximum Gasteiger partial charge on any atom is 0.180 e. The lowest BCUT2D eigenvalue weighted by atomic mass is 10.0. The minimum Gasteiger partial charge on any atom is -0.379 e. The number of likely N-dealkylation sites (tertiary alicyclic amines) is 1. The van der Waals surface area contributed by atoms with Crippen LogP contribution in [-0.4, -0.2) is 56.8 Å². The predicted molar refractivity (Wildman–Crippen MR) is 115 cm³/mol. The van der Waals surface area contributed by atoms with E-state index in [1.54, 1.807) is 0 Å². The first-order valence-corrected chi connectivity index (χ1v) is 10.7. The number of piperidine rings is 1. The highest BCUT2D eigenvalue weighted by Gasteiger charge is 2.39. The van der Waals surface area contributed by atoms with Crippen molar-refractivity contribution in [3.05, 3.63) is 65.4 Å². The minimum atomic E-state index is 0.256. The Bertz CT molecular complexity index is 936. The van der Waals surface area contributed by atoms with Crippen molar-refractivity contribution in [3.63, 3.8) is 0 Å². The summed E-state index contributed by atoms with van der Waals surface area (Å²) >= 11 is 0. The number of rotatable bonds is 4. The second-order valence-electron chi connectivity index (χ2n) is 8.65. The number of fused-ring (bicyclic) bond motifs is 3. The van der Waals surface area contributed by atoms with Gasteiger partial charge in [-0.1, -0.05) is 30.3 Å². The zero-order chi connectivity index (χ0) is 20.0. The highest BCUT2D eigenvalue weighted by atomic mass is 15.3. The van der Waals surface area contributed by atoms with Crippen LogP contribution in [0.15, 0.2) is 48.2 Å². The fourth-order valence-electron chi connectivity index (χ4n) is 4.93. The molecular formula is C23H30N6. The first-order valence-electron chi connectivity index (χ1n) is 10.7. The van der Waals surface area contributed by atoms with Gasteiger partial charge < -0.3 is 19.7 Å². The first kappa shape index (κ1) is 18.4. The summed E-state index contributed by atoms with van der Waals surface area (Å²) in [6.45, 7) is 7.49. The number of hydrogen-bond donors (Lipinski definition) is 1. The van der Waals surface area contributed by atoms with Crippen LogP contribution in [0.25, 0.3) is 5.70 Å². The van der Waals surface area contributed by atoms with Crippen LogP contribution in [0, 0.1) is 6.92 Å². The highest BCUT2D eigenvalue weighted by molar-refractivity contribution is 5.62. The number of allylic oxidation sites excluding steroid dienone is 1. The van der Waals surface area contributed by atoms with Gasteiger partial charge in [-0.2, -0.15) is 0 Å². The number of hydrogen-bond acceptors (Lipinski definition) is 5. The van der Waals surface area contributed by atoms with Gasteiger partial charge in [0, 0.05) is 18.3 Å². The largest absolute Gasteiger partial charge is 0.379 e. The topological polar surface area (TPSA) is 49.2 Å². The Labute approximate surface area is 172 Å². The van der Waals surface area contributed by atoms with Crippen molar-refractivity contribution in [3.8, 4) is 0 Å². The molecule has 1 saturated heterocycles. The van der Waals surface area contributed by atoms with Crippen LogP contribution in [0.4, 0.5) is 0 Å². The van der Waals surface area contributed by atoms with Crippen molar-refractivity contribution in [2.75, 3.05) is 20.1 Å². The monoisotopic (exact) mass is 390 g/mol. The Morgan fingerprint density at radius 3 is 2.52 bits per heavy atom. The van der Waals surface area contributed by atoms with Gasteiger partial charge in [-0.3, -0.25) is 0 Å². The Hall–Kier alpha value is -2.60. The predicted octanol–water partition coefficient (Wildman–Crippen LogP) is 2.95. The van der Waals surface area contributed by atoms with Crippen molar-refractivity contribution in [1.82, 2.24) is 29.9 Å². The average Bonchev–Trinajstić information content (AvgIpc) is 3.25. The molecule has 3 aliphatic heterocycles. The van der Waals surface area contributed by atoms with Crippen LogP contribution in [0.3, 0.4) is 0 Å². The molecule has 6 nitrogen and oxygen atoms in total. The van der Waals surface area contributed by atoms with Gasteiger partial charge in [-0.05, 0) is 64.5 Å². The molecule has 0 radical (unpaired) electrons. The van der Waals surface area contributed by atoms with E-state index in [-0.39, 0.29) is 12.1 Å². The molecule has 1 aromatic heterocycles. The average molecular weight is 391 g/mol. The Kier molecular flexibility index (Phi) is 4.66. The summed E-state index contributed by atoms with van der Waals surface area (Å²) in [5.41, 5.74) is 3.80. The molecular weight excluding hydrogens is 360 g/mol. The lowest BCUT2D eigenvalue weighted by molar-refractivity contribution is 0.242. The molecule has 152 valence electrons. The van der Waals surface area contributed by atoms with E-state index in [2.05, 4.69) is 93.3 Å². The van der Waals surface area contributed by atoms with E-state index in [0.29, 0.717) is 6.04 Å². The van der Waals surface area contributed by atoms with Gasteiger partial charge in [-0.25, -0.2) is 0 Å². The lowest BCUT2D eigenvalue weighted by Crippen LogP contribution is -2.43. The summed E-state index contributed by atoms with van der Waals surface area (Å²) in [6.07, 6.45) is 7.10. The van der Waals surface area contributed by atoms with Gasteiger partial charge in [0.1, 0.15) is 5.82 Å². The van der Waals surface area contributed by atoms with E-state index in [4.69, 9.17) is 0 Å². The molecule has 0 amide bonds. The molecule has 2 unspecified atom stereocenters. The normalized spacial score (nSPS) is 24.7. The fraction of sp³-hybridized carbons (Fsp3) is 0.478.